The van der Waals surface area contributed by atoms with Gasteiger partial charge < -0.3 is 11.1 Å². The molecule has 0 radical (unpaired) electrons. The first kappa shape index (κ1) is 13.3. The van der Waals surface area contributed by atoms with Gasteiger partial charge in [0.2, 0.25) is 0 Å². The van der Waals surface area contributed by atoms with Gasteiger partial charge in [-0.3, -0.25) is 0 Å². The van der Waals surface area contributed by atoms with E-state index < -0.39 is 0 Å². The summed E-state index contributed by atoms with van der Waals surface area (Å²) in [5.74, 6) is 6.78. The van der Waals surface area contributed by atoms with Crippen LogP contribution in [-0.2, 0) is 0 Å². The molecule has 1 aromatic heterocycles. The first-order valence-electron chi connectivity index (χ1n) is 5.95. The smallest absolute Gasteiger partial charge is 0.0930 e. The van der Waals surface area contributed by atoms with Crippen molar-refractivity contribution in [3.8, 4) is 11.8 Å². The summed E-state index contributed by atoms with van der Waals surface area (Å²) in [6.07, 6.45) is 0. The Kier molecular flexibility index (Phi) is 3.94. The lowest BCUT2D eigenvalue weighted by atomic mass is 10.1. The Hall–Kier alpha value is -2.18. The number of hydrogen-bond donors (Lipinski definition) is 2. The van der Waals surface area contributed by atoms with Gasteiger partial charge in [0.05, 0.1) is 16.4 Å². The van der Waals surface area contributed by atoms with E-state index in [0.717, 1.165) is 21.0 Å². The van der Waals surface area contributed by atoms with Crippen LogP contribution in [0.1, 0.15) is 20.9 Å². The average Bonchev–Trinajstić information content (AvgIpc) is 2.69. The van der Waals surface area contributed by atoms with Crippen molar-refractivity contribution in [2.45, 2.75) is 13.8 Å². The molecule has 2 nitrogen and oxygen atoms in total. The van der Waals surface area contributed by atoms with Crippen molar-refractivity contribution in [1.29, 1.82) is 0 Å². The summed E-state index contributed by atoms with van der Waals surface area (Å²) in [7, 11) is 0. The summed E-state index contributed by atoms with van der Waals surface area (Å²) in [6, 6.07) is 10.2. The van der Waals surface area contributed by atoms with E-state index in [9.17, 15) is 0 Å². The van der Waals surface area contributed by atoms with Gasteiger partial charge in [0.1, 0.15) is 0 Å². The van der Waals surface area contributed by atoms with Crippen molar-refractivity contribution >= 4 is 17.0 Å². The van der Waals surface area contributed by atoms with E-state index in [1.165, 1.54) is 5.56 Å². The molecule has 0 amide bonds. The van der Waals surface area contributed by atoms with E-state index in [1.807, 2.05) is 25.1 Å². The Morgan fingerprint density at radius 3 is 2.53 bits per heavy atom. The Morgan fingerprint density at radius 1 is 1.21 bits per heavy atom. The SMILES string of the molecule is C=C(N)Nc1cc(C#Cc2ccc(C)cc2)sc1C. The number of nitrogens with one attached hydrogen (secondary N) is 1. The summed E-state index contributed by atoms with van der Waals surface area (Å²) in [4.78, 5) is 2.17. The molecular weight excluding hydrogens is 252 g/mol. The molecule has 0 aliphatic heterocycles. The number of benzene rings is 1. The van der Waals surface area contributed by atoms with Crippen molar-refractivity contribution in [2.24, 2.45) is 5.73 Å². The normalized spacial score (nSPS) is 9.58. The van der Waals surface area contributed by atoms with E-state index in [2.05, 4.69) is 42.8 Å². The van der Waals surface area contributed by atoms with Crippen LogP contribution in [-0.4, -0.2) is 0 Å². The zero-order valence-electron chi connectivity index (χ0n) is 11.1. The maximum absolute atomic E-state index is 5.54. The Labute approximate surface area is 118 Å². The number of anilines is 1. The van der Waals surface area contributed by atoms with Gasteiger partial charge in [-0.05, 0) is 32.0 Å². The summed E-state index contributed by atoms with van der Waals surface area (Å²) in [5, 5.41) is 3.03. The molecule has 1 aromatic carbocycles. The molecule has 3 N–H and O–H groups in total. The zero-order chi connectivity index (χ0) is 13.8. The molecule has 0 bridgehead atoms. The second kappa shape index (κ2) is 5.64. The van der Waals surface area contributed by atoms with Crippen LogP contribution in [0.3, 0.4) is 0 Å². The summed E-state index contributed by atoms with van der Waals surface area (Å²) < 4.78 is 0. The highest BCUT2D eigenvalue weighted by Crippen LogP contribution is 2.26. The summed E-state index contributed by atoms with van der Waals surface area (Å²) in [6.45, 7) is 7.74. The van der Waals surface area contributed by atoms with Crippen LogP contribution in [0.15, 0.2) is 42.7 Å². The first-order valence-corrected chi connectivity index (χ1v) is 6.77. The van der Waals surface area contributed by atoms with E-state index in [-0.39, 0.29) is 0 Å². The number of hydrogen-bond acceptors (Lipinski definition) is 3. The van der Waals surface area contributed by atoms with Gasteiger partial charge in [-0.2, -0.15) is 0 Å². The zero-order valence-corrected chi connectivity index (χ0v) is 11.9. The fraction of sp³-hybridized carbons (Fsp3) is 0.125. The minimum absolute atomic E-state index is 0.443. The van der Waals surface area contributed by atoms with Gasteiger partial charge >= 0.3 is 0 Å². The minimum atomic E-state index is 0.443. The van der Waals surface area contributed by atoms with E-state index in [0.29, 0.717) is 5.82 Å². The van der Waals surface area contributed by atoms with Gasteiger partial charge in [0, 0.05) is 10.4 Å². The molecule has 0 unspecified atom stereocenters. The topological polar surface area (TPSA) is 38.0 Å². The molecule has 0 aliphatic carbocycles. The van der Waals surface area contributed by atoms with Crippen LogP contribution < -0.4 is 11.1 Å². The third-order valence-corrected chi connectivity index (χ3v) is 3.56. The van der Waals surface area contributed by atoms with Crippen LogP contribution in [0.25, 0.3) is 0 Å². The van der Waals surface area contributed by atoms with Crippen molar-refractivity contribution in [2.75, 3.05) is 5.32 Å². The molecule has 3 heteroatoms. The van der Waals surface area contributed by atoms with Crippen molar-refractivity contribution in [3.05, 3.63) is 63.6 Å². The molecule has 2 aromatic rings. The van der Waals surface area contributed by atoms with Gasteiger partial charge in [-0.25, -0.2) is 0 Å². The number of thiophene rings is 1. The first-order chi connectivity index (χ1) is 9.04. The largest absolute Gasteiger partial charge is 0.386 e. The van der Waals surface area contributed by atoms with Gasteiger partial charge in [-0.15, -0.1) is 11.3 Å². The lowest BCUT2D eigenvalue weighted by molar-refractivity contribution is 1.33. The van der Waals surface area contributed by atoms with Gasteiger partial charge in [0.15, 0.2) is 0 Å². The molecule has 0 atom stereocenters. The lowest BCUT2D eigenvalue weighted by Gasteiger charge is -2.01. The van der Waals surface area contributed by atoms with Crippen LogP contribution >= 0.6 is 11.3 Å². The number of aryl methyl sites for hydroxylation is 2. The number of nitrogens with two attached hydrogens (primary N) is 1. The van der Waals surface area contributed by atoms with E-state index in [1.54, 1.807) is 11.3 Å². The number of rotatable bonds is 2. The molecular formula is C16H16N2S. The quantitative estimate of drug-likeness (QED) is 0.817. The Bertz CT molecular complexity index is 654. The highest BCUT2D eigenvalue weighted by molar-refractivity contribution is 7.13. The molecule has 1 heterocycles. The molecule has 0 aliphatic rings. The predicted molar refractivity (Wildman–Crippen MR) is 83.2 cm³/mol. The fourth-order valence-corrected chi connectivity index (χ4v) is 2.44. The van der Waals surface area contributed by atoms with Gasteiger partial charge in [-0.1, -0.05) is 36.1 Å². The molecule has 96 valence electrons. The third-order valence-electron chi connectivity index (χ3n) is 2.59. The predicted octanol–water partition coefficient (Wildman–Crippen LogP) is 3.61. The van der Waals surface area contributed by atoms with Crippen LogP contribution in [0.4, 0.5) is 5.69 Å². The maximum atomic E-state index is 5.54. The highest BCUT2D eigenvalue weighted by Gasteiger charge is 2.03. The molecule has 0 saturated carbocycles. The van der Waals surface area contributed by atoms with E-state index >= 15 is 0 Å². The van der Waals surface area contributed by atoms with Crippen LogP contribution in [0, 0.1) is 25.7 Å². The van der Waals surface area contributed by atoms with Crippen molar-refractivity contribution < 1.29 is 0 Å². The monoisotopic (exact) mass is 268 g/mol. The maximum Gasteiger partial charge on any atom is 0.0930 e. The molecule has 19 heavy (non-hydrogen) atoms. The van der Waals surface area contributed by atoms with Crippen LogP contribution in [0.2, 0.25) is 0 Å². The Morgan fingerprint density at radius 2 is 1.89 bits per heavy atom. The summed E-state index contributed by atoms with van der Waals surface area (Å²) in [5.41, 5.74) is 8.79. The molecule has 2 rings (SSSR count). The second-order valence-electron chi connectivity index (χ2n) is 4.35. The molecule has 0 fully saturated rings. The second-order valence-corrected chi connectivity index (χ2v) is 5.60. The van der Waals surface area contributed by atoms with Crippen LogP contribution in [0.5, 0.6) is 0 Å². The Balaban J connectivity index is 2.20. The molecule has 0 saturated heterocycles. The van der Waals surface area contributed by atoms with Gasteiger partial charge in [0.25, 0.3) is 0 Å². The standard InChI is InChI=1S/C16H16N2S/c1-11-4-6-14(7-5-11)8-9-15-10-16(12(2)19-15)18-13(3)17/h4-7,10,18H,3,17H2,1-2H3. The highest BCUT2D eigenvalue weighted by atomic mass is 32.1. The lowest BCUT2D eigenvalue weighted by Crippen LogP contribution is -2.06. The fourth-order valence-electron chi connectivity index (χ4n) is 1.61. The summed E-state index contributed by atoms with van der Waals surface area (Å²) >= 11 is 1.65. The molecule has 0 spiro atoms. The minimum Gasteiger partial charge on any atom is -0.386 e. The third kappa shape index (κ3) is 3.64. The van der Waals surface area contributed by atoms with Crippen molar-refractivity contribution in [3.63, 3.8) is 0 Å². The average molecular weight is 268 g/mol. The van der Waals surface area contributed by atoms with E-state index in [4.69, 9.17) is 5.73 Å². The van der Waals surface area contributed by atoms with Crippen molar-refractivity contribution in [1.82, 2.24) is 0 Å².